The Morgan fingerprint density at radius 2 is 2.05 bits per heavy atom. The van der Waals surface area contributed by atoms with Crippen molar-refractivity contribution in [2.24, 2.45) is 0 Å². The van der Waals surface area contributed by atoms with Crippen LogP contribution in [0.3, 0.4) is 0 Å². The number of likely N-dealkylation sites (tertiary alicyclic amines) is 1. The van der Waals surface area contributed by atoms with E-state index in [-0.39, 0.29) is 0 Å². The molecular formula is C15H23BrN2O. The van der Waals surface area contributed by atoms with Crippen molar-refractivity contribution >= 4 is 15.9 Å². The van der Waals surface area contributed by atoms with Gasteiger partial charge in [-0.15, -0.1) is 0 Å². The van der Waals surface area contributed by atoms with Gasteiger partial charge >= 0.3 is 0 Å². The molecular weight excluding hydrogens is 304 g/mol. The van der Waals surface area contributed by atoms with Crippen LogP contribution in [0.5, 0.6) is 5.75 Å². The molecule has 0 bridgehead atoms. The first-order chi connectivity index (χ1) is 9.29. The number of hydrogen-bond acceptors (Lipinski definition) is 3. The highest BCUT2D eigenvalue weighted by atomic mass is 79.9. The van der Waals surface area contributed by atoms with Crippen molar-refractivity contribution in [1.82, 2.24) is 10.2 Å². The van der Waals surface area contributed by atoms with Gasteiger partial charge in [-0.3, -0.25) is 0 Å². The topological polar surface area (TPSA) is 24.5 Å². The summed E-state index contributed by atoms with van der Waals surface area (Å²) in [7, 11) is 1.69. The van der Waals surface area contributed by atoms with Gasteiger partial charge in [-0.05, 0) is 59.6 Å². The van der Waals surface area contributed by atoms with E-state index >= 15 is 0 Å². The Bertz CT molecular complexity index is 392. The van der Waals surface area contributed by atoms with Gasteiger partial charge in [0.2, 0.25) is 0 Å². The molecule has 0 saturated carbocycles. The zero-order valence-electron chi connectivity index (χ0n) is 11.6. The summed E-state index contributed by atoms with van der Waals surface area (Å²) in [6.07, 6.45) is 4.14. The fourth-order valence-electron chi connectivity index (χ4n) is 2.47. The standard InChI is InChI=1S/C15H23BrN2O/c1-19-15-6-5-13(11-14(15)16)12-17-7-10-18-8-3-2-4-9-18/h5-6,11,17H,2-4,7-10,12H2,1H3. The molecule has 1 aromatic carbocycles. The van der Waals surface area contributed by atoms with E-state index in [0.29, 0.717) is 0 Å². The Labute approximate surface area is 124 Å². The first kappa shape index (κ1) is 14.8. The van der Waals surface area contributed by atoms with Crippen LogP contribution in [0, 0.1) is 0 Å². The number of piperidine rings is 1. The number of hydrogen-bond donors (Lipinski definition) is 1. The van der Waals surface area contributed by atoms with E-state index < -0.39 is 0 Å². The highest BCUT2D eigenvalue weighted by molar-refractivity contribution is 9.10. The van der Waals surface area contributed by atoms with Gasteiger partial charge in [0.25, 0.3) is 0 Å². The predicted molar refractivity (Wildman–Crippen MR) is 82.7 cm³/mol. The van der Waals surface area contributed by atoms with Crippen LogP contribution in [0.1, 0.15) is 24.8 Å². The molecule has 1 N–H and O–H groups in total. The summed E-state index contributed by atoms with van der Waals surface area (Å²) in [5.74, 6) is 0.886. The molecule has 3 nitrogen and oxygen atoms in total. The van der Waals surface area contributed by atoms with Crippen molar-refractivity contribution in [2.75, 3.05) is 33.3 Å². The number of halogens is 1. The van der Waals surface area contributed by atoms with E-state index in [1.54, 1.807) is 7.11 Å². The highest BCUT2D eigenvalue weighted by Crippen LogP contribution is 2.25. The van der Waals surface area contributed by atoms with Gasteiger partial charge in [0.1, 0.15) is 5.75 Å². The summed E-state index contributed by atoms with van der Waals surface area (Å²) in [5.41, 5.74) is 1.28. The monoisotopic (exact) mass is 326 g/mol. The molecule has 4 heteroatoms. The van der Waals surface area contributed by atoms with Crippen LogP contribution in [0.4, 0.5) is 0 Å². The van der Waals surface area contributed by atoms with Crippen molar-refractivity contribution in [3.05, 3.63) is 28.2 Å². The molecule has 1 aliphatic rings. The van der Waals surface area contributed by atoms with Gasteiger partial charge in [-0.1, -0.05) is 12.5 Å². The Kier molecular flexibility index (Phi) is 6.14. The lowest BCUT2D eigenvalue weighted by molar-refractivity contribution is 0.229. The predicted octanol–water partition coefficient (Wildman–Crippen LogP) is 3.03. The molecule has 0 radical (unpaired) electrons. The van der Waals surface area contributed by atoms with E-state index in [1.165, 1.54) is 37.9 Å². The second-order valence-electron chi connectivity index (χ2n) is 5.05. The van der Waals surface area contributed by atoms with Crippen LogP contribution >= 0.6 is 15.9 Å². The molecule has 1 aliphatic heterocycles. The first-order valence-electron chi connectivity index (χ1n) is 7.05. The van der Waals surface area contributed by atoms with E-state index in [1.807, 2.05) is 6.07 Å². The third-order valence-electron chi connectivity index (χ3n) is 3.60. The number of methoxy groups -OCH3 is 1. The fourth-order valence-corrected chi connectivity index (χ4v) is 3.06. The van der Waals surface area contributed by atoms with Gasteiger partial charge < -0.3 is 15.0 Å². The lowest BCUT2D eigenvalue weighted by atomic mass is 10.1. The second-order valence-corrected chi connectivity index (χ2v) is 5.90. The SMILES string of the molecule is COc1ccc(CNCCN2CCCCC2)cc1Br. The van der Waals surface area contributed by atoms with Gasteiger partial charge in [0.05, 0.1) is 11.6 Å². The van der Waals surface area contributed by atoms with Crippen LogP contribution in [0.15, 0.2) is 22.7 Å². The molecule has 0 amide bonds. The molecule has 0 spiro atoms. The molecule has 0 unspecified atom stereocenters. The zero-order valence-corrected chi connectivity index (χ0v) is 13.2. The van der Waals surface area contributed by atoms with E-state index in [2.05, 4.69) is 38.3 Å². The number of rotatable bonds is 6. The van der Waals surface area contributed by atoms with Crippen molar-refractivity contribution in [3.8, 4) is 5.75 Å². The summed E-state index contributed by atoms with van der Waals surface area (Å²) in [6.45, 7) is 5.68. The molecule has 2 rings (SSSR count). The number of benzene rings is 1. The van der Waals surface area contributed by atoms with Gasteiger partial charge in [-0.2, -0.15) is 0 Å². The number of nitrogens with zero attached hydrogens (tertiary/aromatic N) is 1. The minimum Gasteiger partial charge on any atom is -0.496 e. The average molecular weight is 327 g/mol. The number of ether oxygens (including phenoxy) is 1. The molecule has 1 fully saturated rings. The molecule has 106 valence electrons. The Hall–Kier alpha value is -0.580. The third-order valence-corrected chi connectivity index (χ3v) is 4.22. The van der Waals surface area contributed by atoms with Gasteiger partial charge in [0, 0.05) is 19.6 Å². The molecule has 0 aromatic heterocycles. The van der Waals surface area contributed by atoms with Gasteiger partial charge in [0.15, 0.2) is 0 Å². The zero-order chi connectivity index (χ0) is 13.5. The molecule has 1 saturated heterocycles. The van der Waals surface area contributed by atoms with Crippen LogP contribution in [0.25, 0.3) is 0 Å². The smallest absolute Gasteiger partial charge is 0.133 e. The Balaban J connectivity index is 1.69. The molecule has 1 heterocycles. The van der Waals surface area contributed by atoms with Crippen LogP contribution in [-0.4, -0.2) is 38.2 Å². The molecule has 0 aliphatic carbocycles. The lowest BCUT2D eigenvalue weighted by Gasteiger charge is -2.26. The third kappa shape index (κ3) is 4.79. The summed E-state index contributed by atoms with van der Waals surface area (Å²) >= 11 is 3.52. The van der Waals surface area contributed by atoms with Crippen LogP contribution in [0.2, 0.25) is 0 Å². The van der Waals surface area contributed by atoms with Crippen molar-refractivity contribution in [3.63, 3.8) is 0 Å². The maximum Gasteiger partial charge on any atom is 0.133 e. The van der Waals surface area contributed by atoms with E-state index in [0.717, 1.165) is 29.9 Å². The minimum absolute atomic E-state index is 0.886. The Morgan fingerprint density at radius 1 is 1.26 bits per heavy atom. The van der Waals surface area contributed by atoms with Gasteiger partial charge in [-0.25, -0.2) is 0 Å². The van der Waals surface area contributed by atoms with Crippen molar-refractivity contribution in [2.45, 2.75) is 25.8 Å². The molecule has 1 aromatic rings. The Morgan fingerprint density at radius 3 is 2.74 bits per heavy atom. The normalized spacial score (nSPS) is 16.5. The summed E-state index contributed by atoms with van der Waals surface area (Å²) in [6, 6.07) is 6.23. The average Bonchev–Trinajstić information content (AvgIpc) is 2.45. The van der Waals surface area contributed by atoms with E-state index in [9.17, 15) is 0 Å². The van der Waals surface area contributed by atoms with Crippen molar-refractivity contribution in [1.29, 1.82) is 0 Å². The van der Waals surface area contributed by atoms with E-state index in [4.69, 9.17) is 4.74 Å². The summed E-state index contributed by atoms with van der Waals surface area (Å²) < 4.78 is 6.25. The van der Waals surface area contributed by atoms with Crippen LogP contribution < -0.4 is 10.1 Å². The fraction of sp³-hybridized carbons (Fsp3) is 0.600. The summed E-state index contributed by atoms with van der Waals surface area (Å²) in [4.78, 5) is 2.56. The largest absolute Gasteiger partial charge is 0.496 e. The maximum absolute atomic E-state index is 5.23. The first-order valence-corrected chi connectivity index (χ1v) is 7.84. The maximum atomic E-state index is 5.23. The second kappa shape index (κ2) is 7.88. The number of nitrogens with one attached hydrogen (secondary N) is 1. The highest BCUT2D eigenvalue weighted by Gasteiger charge is 2.08. The van der Waals surface area contributed by atoms with Crippen molar-refractivity contribution < 1.29 is 4.74 Å². The molecule has 0 atom stereocenters. The quantitative estimate of drug-likeness (QED) is 0.813. The minimum atomic E-state index is 0.886. The van der Waals surface area contributed by atoms with Crippen LogP contribution in [-0.2, 0) is 6.54 Å². The summed E-state index contributed by atoms with van der Waals surface area (Å²) in [5, 5.41) is 3.51. The molecule has 19 heavy (non-hydrogen) atoms. The lowest BCUT2D eigenvalue weighted by Crippen LogP contribution is -2.35.